The zero-order chi connectivity index (χ0) is 22.7. The Kier molecular flexibility index (Phi) is 6.35. The molecule has 160 valence electrons. The van der Waals surface area contributed by atoms with Gasteiger partial charge in [0.25, 0.3) is 5.91 Å². The number of hydrogen-bond acceptors (Lipinski definition) is 6. The predicted molar refractivity (Wildman–Crippen MR) is 117 cm³/mol. The van der Waals surface area contributed by atoms with Crippen molar-refractivity contribution in [3.8, 4) is 6.07 Å². The molecule has 2 aromatic heterocycles. The number of anilines is 1. The highest BCUT2D eigenvalue weighted by Crippen LogP contribution is 2.25. The molecule has 3 aromatic rings. The highest BCUT2D eigenvalue weighted by molar-refractivity contribution is 6.04. The summed E-state index contributed by atoms with van der Waals surface area (Å²) in [6.45, 7) is 9.46. The summed E-state index contributed by atoms with van der Waals surface area (Å²) in [4.78, 5) is 30.2. The normalized spacial score (nSPS) is 12.1. The molecule has 1 aromatic carbocycles. The molecule has 2 heterocycles. The second-order valence-electron chi connectivity index (χ2n) is 7.90. The maximum absolute atomic E-state index is 13.0. The number of nitrogens with one attached hydrogen (secondary N) is 1. The molecule has 1 amide bonds. The number of carbonyl (C=O) groups is 2. The number of hydrogen-bond donors (Lipinski definition) is 1. The minimum Gasteiger partial charge on any atom is -0.449 e. The lowest BCUT2D eigenvalue weighted by molar-refractivity contribution is -0.123. The lowest BCUT2D eigenvalue weighted by Gasteiger charge is -2.15. The van der Waals surface area contributed by atoms with Crippen LogP contribution < -0.4 is 5.32 Å². The number of nitriles is 1. The van der Waals surface area contributed by atoms with Gasteiger partial charge in [0.15, 0.2) is 11.8 Å². The first-order valence-electron chi connectivity index (χ1n) is 10.1. The maximum atomic E-state index is 13.0. The molecular formula is C23H25N5O3. The van der Waals surface area contributed by atoms with Gasteiger partial charge in [0.1, 0.15) is 0 Å². The summed E-state index contributed by atoms with van der Waals surface area (Å²) < 4.78 is 7.22. The maximum Gasteiger partial charge on any atom is 0.339 e. The van der Waals surface area contributed by atoms with E-state index in [-0.39, 0.29) is 12.0 Å². The van der Waals surface area contributed by atoms with Crippen LogP contribution in [0.3, 0.4) is 0 Å². The Morgan fingerprint density at radius 3 is 2.55 bits per heavy atom. The van der Waals surface area contributed by atoms with Crippen LogP contribution in [0.25, 0.3) is 11.0 Å². The first kappa shape index (κ1) is 22.0. The van der Waals surface area contributed by atoms with Crippen LogP contribution in [-0.4, -0.2) is 32.7 Å². The molecule has 0 radical (unpaired) electrons. The molecule has 31 heavy (non-hydrogen) atoms. The molecule has 0 saturated carbocycles. The highest BCUT2D eigenvalue weighted by Gasteiger charge is 2.24. The molecule has 0 saturated heterocycles. The van der Waals surface area contributed by atoms with Gasteiger partial charge in [-0.15, -0.1) is 0 Å². The largest absolute Gasteiger partial charge is 0.449 e. The zero-order valence-corrected chi connectivity index (χ0v) is 18.2. The van der Waals surface area contributed by atoms with Gasteiger partial charge in [-0.2, -0.15) is 10.4 Å². The smallest absolute Gasteiger partial charge is 0.339 e. The second kappa shape index (κ2) is 8.96. The Bertz CT molecular complexity index is 1170. The molecule has 3 rings (SSSR count). The Morgan fingerprint density at radius 2 is 1.90 bits per heavy atom. The minimum absolute atomic E-state index is 0.0742. The summed E-state index contributed by atoms with van der Waals surface area (Å²) in [5, 5.41) is 16.6. The number of fused-ring (bicyclic) bond motifs is 1. The average Bonchev–Trinajstić information content (AvgIpc) is 3.17. The molecular weight excluding hydrogens is 394 g/mol. The second-order valence-corrected chi connectivity index (χ2v) is 7.90. The predicted octanol–water partition coefficient (Wildman–Crippen LogP) is 4.19. The lowest BCUT2D eigenvalue weighted by Crippen LogP contribution is -2.30. The van der Waals surface area contributed by atoms with Crippen molar-refractivity contribution in [1.29, 1.82) is 5.26 Å². The van der Waals surface area contributed by atoms with E-state index in [0.29, 0.717) is 27.8 Å². The van der Waals surface area contributed by atoms with Gasteiger partial charge >= 0.3 is 5.97 Å². The van der Waals surface area contributed by atoms with E-state index in [9.17, 15) is 9.59 Å². The van der Waals surface area contributed by atoms with Crippen LogP contribution in [0.5, 0.6) is 0 Å². The van der Waals surface area contributed by atoms with E-state index in [1.54, 1.807) is 41.2 Å². The summed E-state index contributed by atoms with van der Waals surface area (Å²) in [6, 6.07) is 10.3. The number of pyridine rings is 1. The number of ether oxygens (including phenoxy) is 1. The van der Waals surface area contributed by atoms with Gasteiger partial charge in [-0.3, -0.25) is 4.79 Å². The Balaban J connectivity index is 1.85. The number of amides is 1. The number of carbonyl (C=O) groups excluding carboxylic acids is 2. The van der Waals surface area contributed by atoms with Crippen molar-refractivity contribution in [2.45, 2.75) is 52.7 Å². The standard InChI is InChI=1S/C23H25N5O3/c1-13(2)20-10-18(19-12-25-28(14(3)4)21(19)27-20)23(30)31-15(5)22(29)26-17-8-6-7-16(9-17)11-24/h6-10,12-15H,1-5H3,(H,26,29)/t15-/m1/s1. The molecule has 0 spiro atoms. The SMILES string of the molecule is CC(C)c1cc(C(=O)O[C@H](C)C(=O)Nc2cccc(C#N)c2)c2cnn(C(C)C)c2n1. The van der Waals surface area contributed by atoms with Crippen molar-refractivity contribution >= 4 is 28.6 Å². The fourth-order valence-corrected chi connectivity index (χ4v) is 3.07. The van der Waals surface area contributed by atoms with E-state index in [2.05, 4.69) is 15.4 Å². The van der Waals surface area contributed by atoms with E-state index < -0.39 is 18.0 Å². The Hall–Kier alpha value is -3.73. The van der Waals surface area contributed by atoms with E-state index in [1.807, 2.05) is 33.8 Å². The number of benzene rings is 1. The van der Waals surface area contributed by atoms with Crippen molar-refractivity contribution in [3.05, 3.63) is 53.3 Å². The number of aromatic nitrogens is 3. The van der Waals surface area contributed by atoms with Crippen LogP contribution in [-0.2, 0) is 9.53 Å². The number of esters is 1. The molecule has 8 nitrogen and oxygen atoms in total. The topological polar surface area (TPSA) is 110 Å². The first-order chi connectivity index (χ1) is 14.7. The Labute approximate surface area is 180 Å². The fraction of sp³-hybridized carbons (Fsp3) is 0.348. The van der Waals surface area contributed by atoms with Gasteiger partial charge in [-0.05, 0) is 51.0 Å². The van der Waals surface area contributed by atoms with Gasteiger partial charge in [0, 0.05) is 17.4 Å². The monoisotopic (exact) mass is 419 g/mol. The molecule has 1 N–H and O–H groups in total. The van der Waals surface area contributed by atoms with Crippen LogP contribution in [0, 0.1) is 11.3 Å². The van der Waals surface area contributed by atoms with Gasteiger partial charge in [0.2, 0.25) is 0 Å². The molecule has 1 atom stereocenters. The quantitative estimate of drug-likeness (QED) is 0.600. The molecule has 0 aliphatic heterocycles. The zero-order valence-electron chi connectivity index (χ0n) is 18.2. The summed E-state index contributed by atoms with van der Waals surface area (Å²) in [5.41, 5.74) is 2.56. The summed E-state index contributed by atoms with van der Waals surface area (Å²) >= 11 is 0. The van der Waals surface area contributed by atoms with Gasteiger partial charge in [0.05, 0.1) is 28.8 Å². The highest BCUT2D eigenvalue weighted by atomic mass is 16.5. The lowest BCUT2D eigenvalue weighted by atomic mass is 10.1. The molecule has 0 fully saturated rings. The van der Waals surface area contributed by atoms with Gasteiger partial charge < -0.3 is 10.1 Å². The van der Waals surface area contributed by atoms with E-state index >= 15 is 0 Å². The number of nitrogens with zero attached hydrogens (tertiary/aromatic N) is 4. The fourth-order valence-electron chi connectivity index (χ4n) is 3.07. The van der Waals surface area contributed by atoms with Crippen LogP contribution >= 0.6 is 0 Å². The molecule has 0 unspecified atom stereocenters. The van der Waals surface area contributed by atoms with Crippen molar-refractivity contribution in [2.24, 2.45) is 0 Å². The minimum atomic E-state index is -1.04. The van der Waals surface area contributed by atoms with E-state index in [4.69, 9.17) is 10.00 Å². The third-order valence-electron chi connectivity index (χ3n) is 4.80. The van der Waals surface area contributed by atoms with Crippen molar-refractivity contribution in [2.75, 3.05) is 5.32 Å². The summed E-state index contributed by atoms with van der Waals surface area (Å²) in [7, 11) is 0. The van der Waals surface area contributed by atoms with Crippen molar-refractivity contribution in [1.82, 2.24) is 14.8 Å². The van der Waals surface area contributed by atoms with Crippen molar-refractivity contribution < 1.29 is 14.3 Å². The molecule has 0 aliphatic rings. The Morgan fingerprint density at radius 1 is 1.16 bits per heavy atom. The van der Waals surface area contributed by atoms with E-state index in [1.165, 1.54) is 6.92 Å². The summed E-state index contributed by atoms with van der Waals surface area (Å²) in [6.07, 6.45) is 0.561. The summed E-state index contributed by atoms with van der Waals surface area (Å²) in [5.74, 6) is -1.01. The van der Waals surface area contributed by atoms with Gasteiger partial charge in [-0.1, -0.05) is 19.9 Å². The molecule has 0 bridgehead atoms. The van der Waals surface area contributed by atoms with Gasteiger partial charge in [-0.25, -0.2) is 14.5 Å². The van der Waals surface area contributed by atoms with Crippen molar-refractivity contribution in [3.63, 3.8) is 0 Å². The third-order valence-corrected chi connectivity index (χ3v) is 4.80. The van der Waals surface area contributed by atoms with Crippen LogP contribution in [0.15, 0.2) is 36.5 Å². The van der Waals surface area contributed by atoms with Crippen LogP contribution in [0.1, 0.15) is 68.2 Å². The molecule has 0 aliphatic carbocycles. The van der Waals surface area contributed by atoms with E-state index in [0.717, 1.165) is 5.69 Å². The number of rotatable bonds is 6. The average molecular weight is 419 g/mol. The molecule has 8 heteroatoms. The first-order valence-corrected chi connectivity index (χ1v) is 10.1. The van der Waals surface area contributed by atoms with Crippen LogP contribution in [0.4, 0.5) is 5.69 Å². The third kappa shape index (κ3) is 4.72. The van der Waals surface area contributed by atoms with Crippen LogP contribution in [0.2, 0.25) is 0 Å².